The molecule has 0 saturated carbocycles. The van der Waals surface area contributed by atoms with Crippen LogP contribution in [0.2, 0.25) is 0 Å². The monoisotopic (exact) mass is 344 g/mol. The lowest BCUT2D eigenvalue weighted by atomic mass is 9.91. The summed E-state index contributed by atoms with van der Waals surface area (Å²) in [5.41, 5.74) is 0.222. The van der Waals surface area contributed by atoms with Gasteiger partial charge in [-0.05, 0) is 12.5 Å². The van der Waals surface area contributed by atoms with Crippen LogP contribution in [0.5, 0.6) is 0 Å². The van der Waals surface area contributed by atoms with Gasteiger partial charge in [0.1, 0.15) is 0 Å². The van der Waals surface area contributed by atoms with Gasteiger partial charge in [-0.1, -0.05) is 35.5 Å². The van der Waals surface area contributed by atoms with E-state index < -0.39 is 11.6 Å². The van der Waals surface area contributed by atoms with Crippen LogP contribution in [0, 0.1) is 6.92 Å². The molecule has 1 aliphatic heterocycles. The zero-order valence-corrected chi connectivity index (χ0v) is 13.9. The summed E-state index contributed by atoms with van der Waals surface area (Å²) in [6.45, 7) is 2.65. The van der Waals surface area contributed by atoms with Crippen LogP contribution >= 0.6 is 0 Å². The molecule has 1 aromatic carbocycles. The molecule has 1 amide bonds. The molecule has 0 spiro atoms. The quantitative estimate of drug-likeness (QED) is 0.844. The molecule has 8 heteroatoms. The Kier molecular flexibility index (Phi) is 4.54. The van der Waals surface area contributed by atoms with E-state index in [1.54, 1.807) is 11.6 Å². The van der Waals surface area contributed by atoms with Crippen molar-refractivity contribution in [2.24, 2.45) is 0 Å². The van der Waals surface area contributed by atoms with Crippen molar-refractivity contribution in [3.05, 3.63) is 47.3 Å². The molecule has 25 heavy (non-hydrogen) atoms. The van der Waals surface area contributed by atoms with Gasteiger partial charge in [-0.25, -0.2) is 9.48 Å². The van der Waals surface area contributed by atoms with E-state index >= 15 is 0 Å². The molecule has 1 aromatic heterocycles. The third-order valence-electron chi connectivity index (χ3n) is 4.64. The first-order chi connectivity index (χ1) is 11.9. The Bertz CT molecular complexity index is 779. The van der Waals surface area contributed by atoms with Gasteiger partial charge in [0.25, 0.3) is 5.91 Å². The number of hydrogen-bond donors (Lipinski definition) is 2. The van der Waals surface area contributed by atoms with Crippen molar-refractivity contribution in [2.75, 3.05) is 13.1 Å². The number of carbonyl (C=O) groups is 2. The van der Waals surface area contributed by atoms with Crippen molar-refractivity contribution < 1.29 is 19.8 Å². The molecule has 0 aliphatic carbocycles. The lowest BCUT2D eigenvalue weighted by Crippen LogP contribution is -2.51. The molecular formula is C17H20N4O4. The largest absolute Gasteiger partial charge is 0.479 e. The van der Waals surface area contributed by atoms with E-state index in [9.17, 15) is 14.7 Å². The van der Waals surface area contributed by atoms with Gasteiger partial charge in [0.2, 0.25) is 0 Å². The lowest BCUT2D eigenvalue weighted by molar-refractivity contribution is -0.162. The van der Waals surface area contributed by atoms with E-state index in [2.05, 4.69) is 10.3 Å². The van der Waals surface area contributed by atoms with Gasteiger partial charge >= 0.3 is 5.97 Å². The highest BCUT2D eigenvalue weighted by Crippen LogP contribution is 2.23. The van der Waals surface area contributed by atoms with Crippen LogP contribution in [-0.4, -0.2) is 60.7 Å². The summed E-state index contributed by atoms with van der Waals surface area (Å²) in [6, 6.07) is 9.75. The predicted molar refractivity (Wildman–Crippen MR) is 88.0 cm³/mol. The van der Waals surface area contributed by atoms with Crippen LogP contribution in [0.3, 0.4) is 0 Å². The fraction of sp³-hybridized carbons (Fsp3) is 0.412. The third kappa shape index (κ3) is 3.39. The van der Waals surface area contributed by atoms with Crippen molar-refractivity contribution in [1.82, 2.24) is 19.9 Å². The Hall–Kier alpha value is -2.74. The van der Waals surface area contributed by atoms with Gasteiger partial charge in [-0.3, -0.25) is 4.79 Å². The van der Waals surface area contributed by atoms with Gasteiger partial charge < -0.3 is 15.1 Å². The number of carbonyl (C=O) groups excluding carboxylic acids is 1. The second-order valence-corrected chi connectivity index (χ2v) is 6.30. The molecular weight excluding hydrogens is 324 g/mol. The molecule has 2 aromatic rings. The van der Waals surface area contributed by atoms with Crippen LogP contribution in [0.25, 0.3) is 0 Å². The maximum Gasteiger partial charge on any atom is 0.335 e. The van der Waals surface area contributed by atoms with E-state index in [0.29, 0.717) is 12.2 Å². The van der Waals surface area contributed by atoms with Gasteiger partial charge in [-0.2, -0.15) is 0 Å². The van der Waals surface area contributed by atoms with Crippen LogP contribution < -0.4 is 0 Å². The summed E-state index contributed by atoms with van der Waals surface area (Å²) in [7, 11) is 0. The fourth-order valence-electron chi connectivity index (χ4n) is 2.91. The topological polar surface area (TPSA) is 109 Å². The summed E-state index contributed by atoms with van der Waals surface area (Å²) >= 11 is 0. The molecule has 8 nitrogen and oxygen atoms in total. The first-order valence-electron chi connectivity index (χ1n) is 8.10. The summed E-state index contributed by atoms with van der Waals surface area (Å²) in [4.78, 5) is 25.2. The molecule has 2 N–H and O–H groups in total. The second kappa shape index (κ2) is 6.64. The van der Waals surface area contributed by atoms with E-state index in [1.165, 1.54) is 4.90 Å². The number of rotatable bonds is 4. The Balaban J connectivity index is 1.71. The number of nitrogens with zero attached hydrogens (tertiary/aromatic N) is 4. The van der Waals surface area contributed by atoms with Gasteiger partial charge in [0, 0.05) is 25.9 Å². The summed E-state index contributed by atoms with van der Waals surface area (Å²) in [5, 5.41) is 27.1. The molecule has 2 heterocycles. The smallest absolute Gasteiger partial charge is 0.335 e. The van der Waals surface area contributed by atoms with Crippen molar-refractivity contribution in [3.63, 3.8) is 0 Å². The van der Waals surface area contributed by atoms with Crippen LogP contribution in [0.4, 0.5) is 0 Å². The Morgan fingerprint density at radius 3 is 2.44 bits per heavy atom. The second-order valence-electron chi connectivity index (χ2n) is 6.30. The van der Waals surface area contributed by atoms with Crippen LogP contribution in [0.15, 0.2) is 30.3 Å². The number of hydrogen-bond acceptors (Lipinski definition) is 5. The standard InChI is InChI=1S/C17H20N4O4/c1-12-14(18-19-21(12)11-13-5-3-2-4-6-13)15(22)20-9-7-17(25,8-10-20)16(23)24/h2-6,25H,7-11H2,1H3,(H,23,24). The number of benzene rings is 1. The number of carboxylic acid groups (broad SMARTS) is 1. The number of carboxylic acids is 1. The Morgan fingerprint density at radius 1 is 1.20 bits per heavy atom. The fourth-order valence-corrected chi connectivity index (χ4v) is 2.91. The maximum atomic E-state index is 12.6. The summed E-state index contributed by atoms with van der Waals surface area (Å²) < 4.78 is 1.67. The molecule has 3 rings (SSSR count). The van der Waals surface area contributed by atoms with Gasteiger partial charge in [-0.15, -0.1) is 5.10 Å². The number of aliphatic carboxylic acids is 1. The molecule has 1 saturated heterocycles. The van der Waals surface area contributed by atoms with Gasteiger partial charge in [0.05, 0.1) is 12.2 Å². The van der Waals surface area contributed by atoms with E-state index in [0.717, 1.165) is 5.56 Å². The molecule has 132 valence electrons. The first-order valence-corrected chi connectivity index (χ1v) is 8.10. The Morgan fingerprint density at radius 2 is 1.84 bits per heavy atom. The zero-order chi connectivity index (χ0) is 18.0. The van der Waals surface area contributed by atoms with Crippen molar-refractivity contribution >= 4 is 11.9 Å². The average Bonchev–Trinajstić information content (AvgIpc) is 2.96. The molecule has 0 radical (unpaired) electrons. The predicted octanol–water partition coefficient (Wildman–Crippen LogP) is 0.687. The first kappa shape index (κ1) is 17.1. The SMILES string of the molecule is Cc1c(C(=O)N2CCC(O)(C(=O)O)CC2)nnn1Cc1ccccc1. The minimum Gasteiger partial charge on any atom is -0.479 e. The zero-order valence-electron chi connectivity index (χ0n) is 13.9. The highest BCUT2D eigenvalue weighted by atomic mass is 16.4. The van der Waals surface area contributed by atoms with Crippen molar-refractivity contribution in [3.8, 4) is 0 Å². The van der Waals surface area contributed by atoms with Crippen LogP contribution in [0.1, 0.15) is 34.6 Å². The van der Waals surface area contributed by atoms with Crippen molar-refractivity contribution in [2.45, 2.75) is 31.9 Å². The molecule has 0 atom stereocenters. The lowest BCUT2D eigenvalue weighted by Gasteiger charge is -2.35. The Labute approximate surface area is 144 Å². The van der Waals surface area contributed by atoms with Crippen LogP contribution in [-0.2, 0) is 11.3 Å². The number of amides is 1. The molecule has 1 fully saturated rings. The van der Waals surface area contributed by atoms with E-state index in [1.807, 2.05) is 30.3 Å². The van der Waals surface area contributed by atoms with Gasteiger partial charge in [0.15, 0.2) is 11.3 Å². The number of aliphatic hydroxyl groups is 1. The minimum atomic E-state index is -1.75. The van der Waals surface area contributed by atoms with E-state index in [-0.39, 0.29) is 37.5 Å². The minimum absolute atomic E-state index is 0.00523. The maximum absolute atomic E-state index is 12.6. The highest BCUT2D eigenvalue weighted by Gasteiger charge is 2.41. The molecule has 0 unspecified atom stereocenters. The average molecular weight is 344 g/mol. The summed E-state index contributed by atoms with van der Waals surface area (Å²) in [5.74, 6) is -1.53. The van der Waals surface area contributed by atoms with E-state index in [4.69, 9.17) is 5.11 Å². The molecule has 1 aliphatic rings. The number of likely N-dealkylation sites (tertiary alicyclic amines) is 1. The molecule has 0 bridgehead atoms. The van der Waals surface area contributed by atoms with Crippen molar-refractivity contribution in [1.29, 1.82) is 0 Å². The number of aromatic nitrogens is 3. The number of piperidine rings is 1. The summed E-state index contributed by atoms with van der Waals surface area (Å²) in [6.07, 6.45) is 0.0105. The highest BCUT2D eigenvalue weighted by molar-refractivity contribution is 5.93. The third-order valence-corrected chi connectivity index (χ3v) is 4.64. The normalized spacial score (nSPS) is 16.6.